The fourth-order valence-electron chi connectivity index (χ4n) is 1.66. The number of halogens is 1. The standard InChI is InChI=1S/C16H14INO3/c1-11(15(19)18-14-8-3-2-4-9-14)21-16(20)12-6-5-7-13(17)10-12/h2-11H,1H3,(H,18,19)/t11-/m0/s1. The highest BCUT2D eigenvalue weighted by Crippen LogP contribution is 2.11. The lowest BCUT2D eigenvalue weighted by atomic mass is 10.2. The summed E-state index contributed by atoms with van der Waals surface area (Å²) in [7, 11) is 0. The second kappa shape index (κ2) is 7.21. The predicted molar refractivity (Wildman–Crippen MR) is 89.1 cm³/mol. The third-order valence-electron chi connectivity index (χ3n) is 2.75. The molecule has 1 atom stereocenters. The number of rotatable bonds is 4. The summed E-state index contributed by atoms with van der Waals surface area (Å²) in [4.78, 5) is 23.9. The Hall–Kier alpha value is -1.89. The van der Waals surface area contributed by atoms with Gasteiger partial charge >= 0.3 is 5.97 Å². The van der Waals surface area contributed by atoms with E-state index >= 15 is 0 Å². The fourth-order valence-corrected chi connectivity index (χ4v) is 2.21. The van der Waals surface area contributed by atoms with Gasteiger partial charge in [0.05, 0.1) is 5.56 Å². The van der Waals surface area contributed by atoms with E-state index in [9.17, 15) is 9.59 Å². The number of amides is 1. The van der Waals surface area contributed by atoms with Crippen molar-refractivity contribution in [2.75, 3.05) is 5.32 Å². The lowest BCUT2D eigenvalue weighted by molar-refractivity contribution is -0.123. The van der Waals surface area contributed by atoms with Crippen molar-refractivity contribution in [3.63, 3.8) is 0 Å². The van der Waals surface area contributed by atoms with Crippen LogP contribution in [-0.4, -0.2) is 18.0 Å². The largest absolute Gasteiger partial charge is 0.449 e. The Labute approximate surface area is 136 Å². The highest BCUT2D eigenvalue weighted by atomic mass is 127. The van der Waals surface area contributed by atoms with Gasteiger partial charge in [0.15, 0.2) is 6.10 Å². The highest BCUT2D eigenvalue weighted by molar-refractivity contribution is 14.1. The molecule has 0 saturated heterocycles. The molecule has 0 aromatic heterocycles. The minimum Gasteiger partial charge on any atom is -0.449 e. The van der Waals surface area contributed by atoms with E-state index in [0.29, 0.717) is 11.3 Å². The number of para-hydroxylation sites is 1. The number of carbonyl (C=O) groups excluding carboxylic acids is 2. The first-order valence-corrected chi connectivity index (χ1v) is 7.46. The van der Waals surface area contributed by atoms with Gasteiger partial charge in [-0.25, -0.2) is 4.79 Å². The second-order valence-corrected chi connectivity index (χ2v) is 5.66. The number of benzene rings is 2. The number of hydrogen-bond donors (Lipinski definition) is 1. The Morgan fingerprint density at radius 2 is 1.81 bits per heavy atom. The molecule has 0 aliphatic carbocycles. The Kier molecular flexibility index (Phi) is 5.32. The molecule has 0 bridgehead atoms. The van der Waals surface area contributed by atoms with Crippen LogP contribution in [0, 0.1) is 3.57 Å². The summed E-state index contributed by atoms with van der Waals surface area (Å²) in [6, 6.07) is 16.1. The van der Waals surface area contributed by atoms with Crippen molar-refractivity contribution in [1.82, 2.24) is 0 Å². The predicted octanol–water partition coefficient (Wildman–Crippen LogP) is 3.48. The van der Waals surface area contributed by atoms with Gasteiger partial charge in [0.2, 0.25) is 0 Å². The van der Waals surface area contributed by atoms with Crippen LogP contribution in [0.3, 0.4) is 0 Å². The van der Waals surface area contributed by atoms with E-state index in [1.54, 1.807) is 37.3 Å². The zero-order chi connectivity index (χ0) is 15.2. The zero-order valence-corrected chi connectivity index (χ0v) is 13.5. The lowest BCUT2D eigenvalue weighted by Crippen LogP contribution is -2.30. The van der Waals surface area contributed by atoms with Crippen LogP contribution in [0.15, 0.2) is 54.6 Å². The van der Waals surface area contributed by atoms with Gasteiger partial charge in [0.25, 0.3) is 5.91 Å². The second-order valence-electron chi connectivity index (χ2n) is 4.41. The lowest BCUT2D eigenvalue weighted by Gasteiger charge is -2.13. The molecule has 0 radical (unpaired) electrons. The smallest absolute Gasteiger partial charge is 0.338 e. The zero-order valence-electron chi connectivity index (χ0n) is 11.4. The molecule has 0 fully saturated rings. The molecular formula is C16H14INO3. The summed E-state index contributed by atoms with van der Waals surface area (Å²) in [6.45, 7) is 1.55. The molecule has 0 spiro atoms. The Morgan fingerprint density at radius 3 is 2.48 bits per heavy atom. The third kappa shape index (κ3) is 4.56. The molecule has 2 aromatic rings. The average molecular weight is 395 g/mol. The van der Waals surface area contributed by atoms with E-state index in [1.807, 2.05) is 24.3 Å². The van der Waals surface area contributed by atoms with Crippen molar-refractivity contribution in [2.24, 2.45) is 0 Å². The quantitative estimate of drug-likeness (QED) is 0.637. The highest BCUT2D eigenvalue weighted by Gasteiger charge is 2.19. The van der Waals surface area contributed by atoms with Gasteiger partial charge in [0.1, 0.15) is 0 Å². The van der Waals surface area contributed by atoms with Gasteiger partial charge in [-0.3, -0.25) is 4.79 Å². The molecule has 5 heteroatoms. The first-order valence-electron chi connectivity index (χ1n) is 6.39. The van der Waals surface area contributed by atoms with Crippen LogP contribution >= 0.6 is 22.6 Å². The van der Waals surface area contributed by atoms with Gasteiger partial charge in [0, 0.05) is 9.26 Å². The molecule has 2 aromatic carbocycles. The summed E-state index contributed by atoms with van der Waals surface area (Å²) in [6.07, 6.45) is -0.865. The van der Waals surface area contributed by atoms with Crippen LogP contribution in [0.2, 0.25) is 0 Å². The molecule has 108 valence electrons. The number of carbonyl (C=O) groups is 2. The Morgan fingerprint density at radius 1 is 1.10 bits per heavy atom. The van der Waals surface area contributed by atoms with Crippen molar-refractivity contribution in [1.29, 1.82) is 0 Å². The molecule has 21 heavy (non-hydrogen) atoms. The molecule has 0 saturated carbocycles. The SMILES string of the molecule is C[C@H](OC(=O)c1cccc(I)c1)C(=O)Nc1ccccc1. The molecule has 0 unspecified atom stereocenters. The van der Waals surface area contributed by atoms with Crippen LogP contribution in [-0.2, 0) is 9.53 Å². The summed E-state index contributed by atoms with van der Waals surface area (Å²) in [5.74, 6) is -0.871. The number of ether oxygens (including phenoxy) is 1. The number of hydrogen-bond acceptors (Lipinski definition) is 3. The maximum Gasteiger partial charge on any atom is 0.338 e. The van der Waals surface area contributed by atoms with E-state index in [1.165, 1.54) is 0 Å². The van der Waals surface area contributed by atoms with Crippen LogP contribution in [0.4, 0.5) is 5.69 Å². The normalized spacial score (nSPS) is 11.5. The maximum atomic E-state index is 12.0. The van der Waals surface area contributed by atoms with E-state index < -0.39 is 12.1 Å². The third-order valence-corrected chi connectivity index (χ3v) is 3.43. The minimum absolute atomic E-state index is 0.361. The van der Waals surface area contributed by atoms with Crippen LogP contribution in [0.1, 0.15) is 17.3 Å². The fraction of sp³-hybridized carbons (Fsp3) is 0.125. The van der Waals surface area contributed by atoms with E-state index in [-0.39, 0.29) is 5.91 Å². The summed E-state index contributed by atoms with van der Waals surface area (Å²) in [5.41, 5.74) is 1.10. The van der Waals surface area contributed by atoms with Gasteiger partial charge < -0.3 is 10.1 Å². The first kappa shape index (κ1) is 15.5. The van der Waals surface area contributed by atoms with Crippen molar-refractivity contribution in [2.45, 2.75) is 13.0 Å². The average Bonchev–Trinajstić information content (AvgIpc) is 2.48. The van der Waals surface area contributed by atoms with E-state index in [4.69, 9.17) is 4.74 Å². The molecule has 0 aliphatic heterocycles. The van der Waals surface area contributed by atoms with Gasteiger partial charge in [-0.05, 0) is 59.8 Å². The van der Waals surface area contributed by atoms with Crippen molar-refractivity contribution in [3.8, 4) is 0 Å². The maximum absolute atomic E-state index is 12.0. The molecule has 4 nitrogen and oxygen atoms in total. The summed E-state index contributed by atoms with van der Waals surface area (Å²) < 4.78 is 6.10. The summed E-state index contributed by atoms with van der Waals surface area (Å²) >= 11 is 2.11. The summed E-state index contributed by atoms with van der Waals surface area (Å²) in [5, 5.41) is 2.69. The van der Waals surface area contributed by atoms with Crippen LogP contribution in [0.25, 0.3) is 0 Å². The molecule has 0 aliphatic rings. The van der Waals surface area contributed by atoms with Crippen molar-refractivity contribution < 1.29 is 14.3 Å². The Balaban J connectivity index is 1.96. The van der Waals surface area contributed by atoms with Crippen LogP contribution < -0.4 is 5.32 Å². The number of nitrogens with one attached hydrogen (secondary N) is 1. The van der Waals surface area contributed by atoms with Crippen LogP contribution in [0.5, 0.6) is 0 Å². The Bertz CT molecular complexity index is 643. The van der Waals surface area contributed by atoms with E-state index in [2.05, 4.69) is 27.9 Å². The number of anilines is 1. The van der Waals surface area contributed by atoms with Crippen molar-refractivity contribution in [3.05, 3.63) is 63.7 Å². The topological polar surface area (TPSA) is 55.4 Å². The molecule has 1 amide bonds. The molecule has 0 heterocycles. The van der Waals surface area contributed by atoms with Gasteiger partial charge in [-0.2, -0.15) is 0 Å². The van der Waals surface area contributed by atoms with Gasteiger partial charge in [-0.15, -0.1) is 0 Å². The van der Waals surface area contributed by atoms with Crippen molar-refractivity contribution >= 4 is 40.2 Å². The van der Waals surface area contributed by atoms with E-state index in [0.717, 1.165) is 3.57 Å². The molecular weight excluding hydrogens is 381 g/mol. The number of esters is 1. The molecule has 2 rings (SSSR count). The minimum atomic E-state index is -0.865. The first-order chi connectivity index (χ1) is 10.1. The molecule has 1 N–H and O–H groups in total. The monoisotopic (exact) mass is 395 g/mol. The van der Waals surface area contributed by atoms with Gasteiger partial charge in [-0.1, -0.05) is 24.3 Å².